The van der Waals surface area contributed by atoms with E-state index < -0.39 is 5.92 Å². The van der Waals surface area contributed by atoms with Crippen molar-refractivity contribution in [2.75, 3.05) is 58.9 Å². The summed E-state index contributed by atoms with van der Waals surface area (Å²) in [5.74, 6) is -1.33. The quantitative estimate of drug-likeness (QED) is 0.263. The van der Waals surface area contributed by atoms with Crippen molar-refractivity contribution in [1.82, 2.24) is 9.97 Å². The predicted molar refractivity (Wildman–Crippen MR) is 155 cm³/mol. The number of aliphatic hydroxyl groups excluding tert-OH is 1. The number of nitrogens with one attached hydrogen (secondary N) is 2. The first-order valence-corrected chi connectivity index (χ1v) is 15.6. The van der Waals surface area contributed by atoms with E-state index in [1.54, 1.807) is 12.3 Å². The molecule has 1 atom stereocenters. The molecule has 0 unspecified atom stereocenters. The van der Waals surface area contributed by atoms with E-state index in [0.29, 0.717) is 28.4 Å². The Hall–Kier alpha value is -2.31. The number of halogens is 2. The summed E-state index contributed by atoms with van der Waals surface area (Å²) in [5.41, 5.74) is 1.77. The molecule has 2 aliphatic heterocycles. The maximum Gasteiger partial charge on any atom is 0.260 e. The topological polar surface area (TPSA) is 93.6 Å². The van der Waals surface area contributed by atoms with Gasteiger partial charge >= 0.3 is 0 Å². The molecule has 0 radical (unpaired) electrons. The number of carbonyl (C=O) groups is 1. The van der Waals surface area contributed by atoms with Gasteiger partial charge in [-0.3, -0.25) is 4.79 Å². The largest absolute Gasteiger partial charge is 0.395 e. The van der Waals surface area contributed by atoms with Crippen molar-refractivity contribution in [3.05, 3.63) is 30.0 Å². The SMILES string of the molecule is CSc1ccc(NC(=O)c2cnc(NS[C@H](C)CO)cc2N2CCC3(CC2)CC3)nc1N1CCC(F)(F)CC1. The van der Waals surface area contributed by atoms with Gasteiger partial charge in [-0.2, -0.15) is 0 Å². The molecular formula is C27H36F2N6O2S2. The molecule has 0 aromatic carbocycles. The molecule has 2 aromatic heterocycles. The Morgan fingerprint density at radius 2 is 1.77 bits per heavy atom. The lowest BCUT2D eigenvalue weighted by molar-refractivity contribution is -0.0222. The Morgan fingerprint density at radius 3 is 2.41 bits per heavy atom. The first-order valence-electron chi connectivity index (χ1n) is 13.5. The second-order valence-electron chi connectivity index (χ2n) is 10.8. The summed E-state index contributed by atoms with van der Waals surface area (Å²) in [6.07, 6.45) is 7.92. The van der Waals surface area contributed by atoms with E-state index in [1.165, 1.54) is 36.6 Å². The van der Waals surface area contributed by atoms with Crippen molar-refractivity contribution in [1.29, 1.82) is 0 Å². The van der Waals surface area contributed by atoms with E-state index in [0.717, 1.165) is 36.5 Å². The third-order valence-electron chi connectivity index (χ3n) is 7.97. The number of thioether (sulfide) groups is 1. The summed E-state index contributed by atoms with van der Waals surface area (Å²) in [6, 6.07) is 5.53. The number of carbonyl (C=O) groups excluding carboxylic acids is 1. The molecule has 2 saturated heterocycles. The van der Waals surface area contributed by atoms with E-state index in [1.807, 2.05) is 30.2 Å². The van der Waals surface area contributed by atoms with Crippen molar-refractivity contribution in [3.63, 3.8) is 0 Å². The van der Waals surface area contributed by atoms with Gasteiger partial charge in [0.05, 0.1) is 17.9 Å². The average Bonchev–Trinajstić information content (AvgIpc) is 3.70. The summed E-state index contributed by atoms with van der Waals surface area (Å²) in [7, 11) is 0. The van der Waals surface area contributed by atoms with Gasteiger partial charge in [-0.25, -0.2) is 18.7 Å². The summed E-state index contributed by atoms with van der Waals surface area (Å²) in [5, 5.41) is 12.3. The van der Waals surface area contributed by atoms with Crippen LogP contribution in [-0.4, -0.2) is 71.2 Å². The van der Waals surface area contributed by atoms with Gasteiger partial charge < -0.3 is 24.9 Å². The number of amides is 1. The fourth-order valence-corrected chi connectivity index (χ4v) is 6.22. The Labute approximate surface area is 236 Å². The number of hydrogen-bond acceptors (Lipinski definition) is 9. The molecular weight excluding hydrogens is 542 g/mol. The number of piperidine rings is 2. The maximum atomic E-state index is 13.8. The molecule has 3 N–H and O–H groups in total. The molecule has 1 saturated carbocycles. The van der Waals surface area contributed by atoms with Gasteiger partial charge in [0.2, 0.25) is 0 Å². The second-order valence-corrected chi connectivity index (χ2v) is 12.9. The number of alkyl halides is 2. The molecule has 4 heterocycles. The first-order chi connectivity index (χ1) is 18.7. The van der Waals surface area contributed by atoms with Gasteiger partial charge in [0.15, 0.2) is 0 Å². The fourth-order valence-electron chi connectivity index (χ4n) is 5.15. The smallest absolute Gasteiger partial charge is 0.260 e. The third kappa shape index (κ3) is 6.71. The number of aliphatic hydroxyl groups is 1. The number of anilines is 4. The highest BCUT2D eigenvalue weighted by molar-refractivity contribution is 8.01. The lowest BCUT2D eigenvalue weighted by Gasteiger charge is -2.35. The van der Waals surface area contributed by atoms with Crippen molar-refractivity contribution in [3.8, 4) is 0 Å². The summed E-state index contributed by atoms with van der Waals surface area (Å²) < 4.78 is 30.7. The van der Waals surface area contributed by atoms with Crippen molar-refractivity contribution in [2.24, 2.45) is 5.41 Å². The molecule has 2 aromatic rings. The summed E-state index contributed by atoms with van der Waals surface area (Å²) >= 11 is 2.89. The third-order valence-corrected chi connectivity index (χ3v) is 9.60. The standard InChI is InChI=1S/C27H36F2N6O2S2/c1-18(17-36)39-33-23-15-20(34-11-7-26(5-6-26)8-12-34)19(16-30-23)25(37)32-22-4-3-21(38-2)24(31-22)35-13-9-27(28,29)10-14-35/h3-4,15-16,18,36H,5-14,17H2,1-2H3,(H,30,33)(H,31,32,37)/t18-/m1/s1. The molecule has 39 heavy (non-hydrogen) atoms. The zero-order valence-electron chi connectivity index (χ0n) is 22.4. The monoisotopic (exact) mass is 578 g/mol. The predicted octanol–water partition coefficient (Wildman–Crippen LogP) is 5.51. The van der Waals surface area contributed by atoms with Crippen LogP contribution in [0.3, 0.4) is 0 Å². The molecule has 3 aliphatic rings. The number of rotatable bonds is 9. The van der Waals surface area contributed by atoms with Crippen molar-refractivity contribution in [2.45, 2.75) is 61.5 Å². The molecule has 212 valence electrons. The van der Waals surface area contributed by atoms with Crippen LogP contribution < -0.4 is 19.8 Å². The zero-order valence-corrected chi connectivity index (χ0v) is 24.0. The highest BCUT2D eigenvalue weighted by Crippen LogP contribution is 2.54. The molecule has 1 spiro atoms. The highest BCUT2D eigenvalue weighted by atomic mass is 32.2. The lowest BCUT2D eigenvalue weighted by Crippen LogP contribution is -2.40. The number of hydrogen-bond donors (Lipinski definition) is 3. The Balaban J connectivity index is 1.36. The minimum absolute atomic E-state index is 0.00130. The number of pyridine rings is 2. The molecule has 3 fully saturated rings. The Bertz CT molecular complexity index is 1180. The van der Waals surface area contributed by atoms with E-state index in [2.05, 4.69) is 24.9 Å². The number of nitrogens with zero attached hydrogens (tertiary/aromatic N) is 4. The van der Waals surface area contributed by atoms with Crippen LogP contribution in [0, 0.1) is 5.41 Å². The van der Waals surface area contributed by atoms with Crippen LogP contribution in [0.15, 0.2) is 29.3 Å². The lowest BCUT2D eigenvalue weighted by atomic mass is 9.93. The van der Waals surface area contributed by atoms with Crippen LogP contribution in [0.5, 0.6) is 0 Å². The molecule has 1 amide bonds. The maximum absolute atomic E-state index is 13.8. The van der Waals surface area contributed by atoms with E-state index in [9.17, 15) is 18.7 Å². The molecule has 12 heteroatoms. The van der Waals surface area contributed by atoms with Crippen LogP contribution in [0.25, 0.3) is 0 Å². The number of aromatic nitrogens is 2. The van der Waals surface area contributed by atoms with Crippen molar-refractivity contribution < 1.29 is 18.7 Å². The van der Waals surface area contributed by atoms with Gasteiger partial charge in [0, 0.05) is 61.4 Å². The highest BCUT2D eigenvalue weighted by Gasteiger charge is 2.44. The zero-order chi connectivity index (χ0) is 27.6. The fraction of sp³-hybridized carbons (Fsp3) is 0.593. The Kier molecular flexibility index (Phi) is 8.44. The van der Waals surface area contributed by atoms with Crippen LogP contribution >= 0.6 is 23.7 Å². The molecule has 1 aliphatic carbocycles. The molecule has 0 bridgehead atoms. The van der Waals surface area contributed by atoms with Gasteiger partial charge in [-0.05, 0) is 68.4 Å². The van der Waals surface area contributed by atoms with Gasteiger partial charge in [-0.1, -0.05) is 0 Å². The summed E-state index contributed by atoms with van der Waals surface area (Å²) in [4.78, 5) is 27.7. The average molecular weight is 579 g/mol. The second kappa shape index (κ2) is 11.7. The van der Waals surface area contributed by atoms with Crippen LogP contribution in [-0.2, 0) is 0 Å². The van der Waals surface area contributed by atoms with E-state index in [4.69, 9.17) is 0 Å². The van der Waals surface area contributed by atoms with Gasteiger partial charge in [0.25, 0.3) is 11.8 Å². The summed E-state index contributed by atoms with van der Waals surface area (Å²) in [6.45, 7) is 4.17. The normalized spacial score (nSPS) is 20.5. The van der Waals surface area contributed by atoms with Crippen LogP contribution in [0.1, 0.15) is 55.8 Å². The van der Waals surface area contributed by atoms with Gasteiger partial charge in [0.1, 0.15) is 17.5 Å². The minimum Gasteiger partial charge on any atom is -0.395 e. The van der Waals surface area contributed by atoms with Crippen LogP contribution in [0.4, 0.5) is 31.9 Å². The van der Waals surface area contributed by atoms with E-state index >= 15 is 0 Å². The Morgan fingerprint density at radius 1 is 1.08 bits per heavy atom. The molecule has 5 rings (SSSR count). The molecule has 8 nitrogen and oxygen atoms in total. The van der Waals surface area contributed by atoms with Crippen molar-refractivity contribution >= 4 is 52.8 Å². The van der Waals surface area contributed by atoms with E-state index in [-0.39, 0.29) is 43.7 Å². The minimum atomic E-state index is -2.64. The van der Waals surface area contributed by atoms with Crippen LogP contribution in [0.2, 0.25) is 0 Å². The van der Waals surface area contributed by atoms with Gasteiger partial charge in [-0.15, -0.1) is 11.8 Å². The first kappa shape index (κ1) is 28.2.